The van der Waals surface area contributed by atoms with Crippen molar-refractivity contribution in [2.24, 2.45) is 0 Å². The van der Waals surface area contributed by atoms with Gasteiger partial charge >= 0.3 is 5.97 Å². The first-order chi connectivity index (χ1) is 14.3. The molecule has 0 aliphatic carbocycles. The molecule has 0 spiro atoms. The second-order valence-electron chi connectivity index (χ2n) is 6.49. The molecule has 3 atom stereocenters. The van der Waals surface area contributed by atoms with Crippen LogP contribution in [0, 0.1) is 5.82 Å². The van der Waals surface area contributed by atoms with Crippen molar-refractivity contribution in [1.29, 1.82) is 0 Å². The van der Waals surface area contributed by atoms with Gasteiger partial charge in [0.2, 0.25) is 0 Å². The topological polar surface area (TPSA) is 114 Å². The molecule has 3 N–H and O–H groups in total. The van der Waals surface area contributed by atoms with Gasteiger partial charge in [-0.3, -0.25) is 9.59 Å². The van der Waals surface area contributed by atoms with Gasteiger partial charge in [-0.2, -0.15) is 0 Å². The number of halogens is 2. The molecule has 0 aromatic heterocycles. The van der Waals surface area contributed by atoms with Gasteiger partial charge in [0, 0.05) is 6.42 Å². The van der Waals surface area contributed by atoms with Crippen molar-refractivity contribution < 1.29 is 33.4 Å². The number of amides is 2. The summed E-state index contributed by atoms with van der Waals surface area (Å²) in [4.78, 5) is 36.7. The van der Waals surface area contributed by atoms with E-state index in [1.807, 2.05) is 0 Å². The quantitative estimate of drug-likeness (QED) is 0.611. The van der Waals surface area contributed by atoms with Crippen molar-refractivity contribution in [3.05, 3.63) is 64.9 Å². The Balaban J connectivity index is 1.66. The third-order valence-corrected chi connectivity index (χ3v) is 4.72. The zero-order valence-corrected chi connectivity index (χ0v) is 16.3. The predicted octanol–water partition coefficient (Wildman–Crippen LogP) is 1.97. The molecule has 2 aromatic carbocycles. The number of nitrogens with one attached hydrogen (secondary N) is 2. The first kappa shape index (κ1) is 21.7. The predicted molar refractivity (Wildman–Crippen MR) is 104 cm³/mol. The number of anilines is 1. The molecule has 0 unspecified atom stereocenters. The largest absolute Gasteiger partial charge is 0.480 e. The maximum Gasteiger partial charge on any atom is 0.326 e. The summed E-state index contributed by atoms with van der Waals surface area (Å²) in [5.74, 6) is -3.23. The highest BCUT2D eigenvalue weighted by Gasteiger charge is 2.41. The molecule has 1 aliphatic rings. The number of rotatable bonds is 7. The van der Waals surface area contributed by atoms with Gasteiger partial charge in [-0.25, -0.2) is 9.18 Å². The van der Waals surface area contributed by atoms with Crippen LogP contribution < -0.4 is 10.6 Å². The van der Waals surface area contributed by atoms with Crippen molar-refractivity contribution >= 4 is 35.1 Å². The summed E-state index contributed by atoms with van der Waals surface area (Å²) in [7, 11) is 0. The number of hydrogen-bond acceptors (Lipinski definition) is 5. The molecule has 1 saturated heterocycles. The van der Waals surface area contributed by atoms with Crippen LogP contribution in [0.4, 0.5) is 10.1 Å². The molecule has 1 heterocycles. The van der Waals surface area contributed by atoms with Gasteiger partial charge in [-0.15, -0.1) is 0 Å². The van der Waals surface area contributed by atoms with E-state index in [-0.39, 0.29) is 13.2 Å². The summed E-state index contributed by atoms with van der Waals surface area (Å²) in [6, 6.07) is 10.5. The summed E-state index contributed by atoms with van der Waals surface area (Å²) in [6.45, 7) is -0.311. The third kappa shape index (κ3) is 5.32. The van der Waals surface area contributed by atoms with Crippen LogP contribution in [0.25, 0.3) is 0 Å². The van der Waals surface area contributed by atoms with E-state index < -0.39 is 41.9 Å². The van der Waals surface area contributed by atoms with Crippen LogP contribution in [0.15, 0.2) is 48.5 Å². The standard InChI is InChI=1S/C20H18ClFN2O6/c21-13-3-1-2-4-14(13)23-18(25)16-17(30-10-29-16)19(26)24-15(20(27)28)9-11-5-7-12(22)8-6-11/h1-8,15-17H,9-10H2,(H,23,25)(H,24,26)(H,27,28)/t15-,16+,17+/m0/s1. The molecular weight excluding hydrogens is 419 g/mol. The number of carboxylic acids is 1. The minimum absolute atomic E-state index is 0.0780. The summed E-state index contributed by atoms with van der Waals surface area (Å²) in [6.07, 6.45) is -2.71. The van der Waals surface area contributed by atoms with Gasteiger partial charge in [-0.05, 0) is 29.8 Å². The fourth-order valence-corrected chi connectivity index (χ4v) is 3.05. The highest BCUT2D eigenvalue weighted by Crippen LogP contribution is 2.22. The lowest BCUT2D eigenvalue weighted by atomic mass is 10.0. The van der Waals surface area contributed by atoms with Gasteiger partial charge in [0.1, 0.15) is 18.7 Å². The Bertz CT molecular complexity index is 939. The third-order valence-electron chi connectivity index (χ3n) is 4.39. The van der Waals surface area contributed by atoms with Crippen LogP contribution >= 0.6 is 11.6 Å². The van der Waals surface area contributed by atoms with Crippen molar-refractivity contribution in [3.63, 3.8) is 0 Å². The molecule has 0 radical (unpaired) electrons. The van der Waals surface area contributed by atoms with Gasteiger partial charge in [0.25, 0.3) is 11.8 Å². The lowest BCUT2D eigenvalue weighted by molar-refractivity contribution is -0.144. The molecule has 1 aliphatic heterocycles. The molecule has 2 aromatic rings. The normalized spacial score (nSPS) is 19.1. The lowest BCUT2D eigenvalue weighted by Gasteiger charge is -2.20. The number of ether oxygens (including phenoxy) is 2. The molecule has 8 nitrogen and oxygen atoms in total. The molecule has 10 heteroatoms. The van der Waals surface area contributed by atoms with Crippen LogP contribution in [0.3, 0.4) is 0 Å². The average molecular weight is 437 g/mol. The minimum atomic E-state index is -1.34. The van der Waals surface area contributed by atoms with E-state index >= 15 is 0 Å². The zero-order valence-electron chi connectivity index (χ0n) is 15.5. The van der Waals surface area contributed by atoms with E-state index in [0.29, 0.717) is 16.3 Å². The van der Waals surface area contributed by atoms with E-state index in [9.17, 15) is 23.9 Å². The molecule has 2 amide bonds. The number of para-hydroxylation sites is 1. The zero-order chi connectivity index (χ0) is 21.7. The molecule has 0 saturated carbocycles. The van der Waals surface area contributed by atoms with Crippen LogP contribution in [-0.4, -0.2) is 47.9 Å². The number of benzene rings is 2. The van der Waals surface area contributed by atoms with Crippen LogP contribution in [0.2, 0.25) is 5.02 Å². The molecular formula is C20H18ClFN2O6. The summed E-state index contributed by atoms with van der Waals surface area (Å²) >= 11 is 6.01. The van der Waals surface area contributed by atoms with E-state index in [4.69, 9.17) is 21.1 Å². The maximum atomic E-state index is 13.0. The van der Waals surface area contributed by atoms with E-state index in [1.165, 1.54) is 24.3 Å². The van der Waals surface area contributed by atoms with Gasteiger partial charge in [0.05, 0.1) is 10.7 Å². The first-order valence-corrected chi connectivity index (χ1v) is 9.29. The smallest absolute Gasteiger partial charge is 0.326 e. The lowest BCUT2D eigenvalue weighted by Crippen LogP contribution is -2.51. The second kappa shape index (κ2) is 9.66. The molecule has 0 bridgehead atoms. The van der Waals surface area contributed by atoms with Crippen molar-refractivity contribution in [2.45, 2.75) is 24.7 Å². The number of carboxylic acid groups (broad SMARTS) is 1. The fraction of sp³-hybridized carbons (Fsp3) is 0.250. The minimum Gasteiger partial charge on any atom is -0.480 e. The Morgan fingerprint density at radius 2 is 1.70 bits per heavy atom. The Morgan fingerprint density at radius 1 is 1.07 bits per heavy atom. The monoisotopic (exact) mass is 436 g/mol. The highest BCUT2D eigenvalue weighted by molar-refractivity contribution is 6.33. The average Bonchev–Trinajstić information content (AvgIpc) is 3.21. The van der Waals surface area contributed by atoms with E-state index in [2.05, 4.69) is 10.6 Å². The Hall–Kier alpha value is -3.01. The van der Waals surface area contributed by atoms with E-state index in [0.717, 1.165) is 0 Å². The van der Waals surface area contributed by atoms with Gasteiger partial charge in [-0.1, -0.05) is 35.9 Å². The number of hydrogen-bond donors (Lipinski definition) is 3. The number of aliphatic carboxylic acids is 1. The van der Waals surface area contributed by atoms with E-state index in [1.54, 1.807) is 24.3 Å². The SMILES string of the molecule is O=C(O)[C@H](Cc1ccc(F)cc1)NC(=O)[C@@H]1OCO[C@H]1C(=O)Nc1ccccc1Cl. The van der Waals surface area contributed by atoms with Crippen LogP contribution in [0.1, 0.15) is 5.56 Å². The van der Waals surface area contributed by atoms with Gasteiger partial charge < -0.3 is 25.2 Å². The first-order valence-electron chi connectivity index (χ1n) is 8.91. The Kier molecular flexibility index (Phi) is 6.99. The maximum absolute atomic E-state index is 13.0. The molecule has 3 rings (SSSR count). The summed E-state index contributed by atoms with van der Waals surface area (Å²) in [5.41, 5.74) is 0.847. The van der Waals surface area contributed by atoms with Crippen LogP contribution in [0.5, 0.6) is 0 Å². The van der Waals surface area contributed by atoms with Crippen molar-refractivity contribution in [3.8, 4) is 0 Å². The molecule has 30 heavy (non-hydrogen) atoms. The molecule has 158 valence electrons. The molecule has 1 fully saturated rings. The second-order valence-corrected chi connectivity index (χ2v) is 6.90. The Labute approximate surface area is 175 Å². The number of carbonyl (C=O) groups is 3. The summed E-state index contributed by atoms with van der Waals surface area (Å²) < 4.78 is 23.4. The van der Waals surface area contributed by atoms with Crippen LogP contribution in [-0.2, 0) is 30.3 Å². The number of carbonyl (C=O) groups excluding carboxylic acids is 2. The van der Waals surface area contributed by atoms with Gasteiger partial charge in [0.15, 0.2) is 12.2 Å². The fourth-order valence-electron chi connectivity index (χ4n) is 2.86. The highest BCUT2D eigenvalue weighted by atomic mass is 35.5. The Morgan fingerprint density at radius 3 is 2.33 bits per heavy atom. The van der Waals surface area contributed by atoms with Crippen molar-refractivity contribution in [1.82, 2.24) is 5.32 Å². The van der Waals surface area contributed by atoms with Crippen molar-refractivity contribution in [2.75, 3.05) is 12.1 Å². The summed E-state index contributed by atoms with van der Waals surface area (Å²) in [5, 5.41) is 14.6.